The molecule has 0 saturated heterocycles. The molecule has 0 aromatic heterocycles. The Balaban J connectivity index is 3.87. The van der Waals surface area contributed by atoms with Crippen LogP contribution in [0.25, 0.3) is 0 Å². The van der Waals surface area contributed by atoms with Crippen LogP contribution in [-0.2, 0) is 14.4 Å². The van der Waals surface area contributed by atoms with Crippen LogP contribution < -0.4 is 5.32 Å². The molecular formula is C7H12N2O4. The highest BCUT2D eigenvalue weighted by atomic mass is 16.4. The van der Waals surface area contributed by atoms with E-state index in [1.165, 1.54) is 14.1 Å². The van der Waals surface area contributed by atoms with Gasteiger partial charge in [-0.25, -0.2) is 4.79 Å². The molecule has 0 fully saturated rings. The van der Waals surface area contributed by atoms with Crippen LogP contribution in [0.5, 0.6) is 0 Å². The summed E-state index contributed by atoms with van der Waals surface area (Å²) in [7, 11) is 2.81. The van der Waals surface area contributed by atoms with E-state index in [-0.39, 0.29) is 18.9 Å². The van der Waals surface area contributed by atoms with Crippen molar-refractivity contribution in [2.45, 2.75) is 6.42 Å². The van der Waals surface area contributed by atoms with Gasteiger partial charge in [-0.15, -0.1) is 0 Å². The Kier molecular flexibility index (Phi) is 4.50. The van der Waals surface area contributed by atoms with Crippen LogP contribution in [0.1, 0.15) is 6.42 Å². The Hall–Kier alpha value is -1.59. The lowest BCUT2D eigenvalue weighted by atomic mass is 10.3. The summed E-state index contributed by atoms with van der Waals surface area (Å²) in [6.45, 7) is 0.102. The standard InChI is InChI=1S/C7H12N2O4/c1-8-5(10)3-4-9(2)6(11)7(12)13/h3-4H2,1-2H3,(H,8,10)(H,12,13). The SMILES string of the molecule is CNC(=O)CCN(C)C(=O)C(=O)O. The van der Waals surface area contributed by atoms with Crippen molar-refractivity contribution in [3.05, 3.63) is 0 Å². The molecule has 0 aliphatic carbocycles. The maximum atomic E-state index is 10.7. The largest absolute Gasteiger partial charge is 0.474 e. The van der Waals surface area contributed by atoms with Gasteiger partial charge in [0.2, 0.25) is 5.91 Å². The van der Waals surface area contributed by atoms with Crippen LogP contribution >= 0.6 is 0 Å². The molecule has 0 bridgehead atoms. The van der Waals surface area contributed by atoms with Gasteiger partial charge in [-0.1, -0.05) is 0 Å². The zero-order chi connectivity index (χ0) is 10.4. The van der Waals surface area contributed by atoms with Crippen LogP contribution in [0.2, 0.25) is 0 Å². The Labute approximate surface area is 75.5 Å². The maximum absolute atomic E-state index is 10.7. The number of likely N-dealkylation sites (N-methyl/N-ethyl adjacent to an activating group) is 1. The molecule has 0 unspecified atom stereocenters. The molecule has 2 N–H and O–H groups in total. The smallest absolute Gasteiger partial charge is 0.394 e. The fourth-order valence-corrected chi connectivity index (χ4v) is 0.659. The summed E-state index contributed by atoms with van der Waals surface area (Å²) in [5, 5.41) is 10.6. The average molecular weight is 188 g/mol. The van der Waals surface area contributed by atoms with Gasteiger partial charge in [-0.2, -0.15) is 0 Å². The Bertz CT molecular complexity index is 227. The minimum atomic E-state index is -1.51. The van der Waals surface area contributed by atoms with Gasteiger partial charge in [-0.3, -0.25) is 9.59 Å². The first-order valence-electron chi connectivity index (χ1n) is 3.68. The van der Waals surface area contributed by atoms with Crippen LogP contribution in [0.4, 0.5) is 0 Å². The van der Waals surface area contributed by atoms with E-state index in [2.05, 4.69) is 5.32 Å². The van der Waals surface area contributed by atoms with Gasteiger partial charge in [0.1, 0.15) is 0 Å². The van der Waals surface area contributed by atoms with Crippen molar-refractivity contribution in [2.24, 2.45) is 0 Å². The minimum Gasteiger partial charge on any atom is -0.474 e. The monoisotopic (exact) mass is 188 g/mol. The predicted molar refractivity (Wildman–Crippen MR) is 44.0 cm³/mol. The molecule has 2 amide bonds. The molecule has 0 radical (unpaired) electrons. The highest BCUT2D eigenvalue weighted by molar-refractivity contribution is 6.31. The van der Waals surface area contributed by atoms with Crippen molar-refractivity contribution in [3.63, 3.8) is 0 Å². The number of aliphatic carboxylic acids is 1. The van der Waals surface area contributed by atoms with E-state index in [1.807, 2.05) is 0 Å². The van der Waals surface area contributed by atoms with Gasteiger partial charge in [0, 0.05) is 27.1 Å². The van der Waals surface area contributed by atoms with Crippen molar-refractivity contribution >= 4 is 17.8 Å². The van der Waals surface area contributed by atoms with Crippen LogP contribution in [0.3, 0.4) is 0 Å². The van der Waals surface area contributed by atoms with E-state index >= 15 is 0 Å². The third kappa shape index (κ3) is 4.09. The first-order chi connectivity index (χ1) is 5.99. The second kappa shape index (κ2) is 5.13. The number of carboxylic acid groups (broad SMARTS) is 1. The molecule has 0 aliphatic heterocycles. The van der Waals surface area contributed by atoms with Crippen molar-refractivity contribution in [2.75, 3.05) is 20.6 Å². The number of hydrogen-bond acceptors (Lipinski definition) is 3. The molecule has 0 atom stereocenters. The topological polar surface area (TPSA) is 86.7 Å². The minimum absolute atomic E-state index is 0.102. The fraction of sp³-hybridized carbons (Fsp3) is 0.571. The molecule has 0 saturated carbocycles. The fourth-order valence-electron chi connectivity index (χ4n) is 0.659. The molecule has 0 rings (SSSR count). The Morgan fingerprint density at radius 3 is 2.31 bits per heavy atom. The Morgan fingerprint density at radius 2 is 1.92 bits per heavy atom. The zero-order valence-electron chi connectivity index (χ0n) is 7.53. The zero-order valence-corrected chi connectivity index (χ0v) is 7.53. The van der Waals surface area contributed by atoms with Crippen molar-refractivity contribution in [1.29, 1.82) is 0 Å². The highest BCUT2D eigenvalue weighted by Gasteiger charge is 2.16. The second-order valence-electron chi connectivity index (χ2n) is 2.46. The molecule has 0 aromatic carbocycles. The van der Waals surface area contributed by atoms with E-state index in [1.54, 1.807) is 0 Å². The van der Waals surface area contributed by atoms with Crippen LogP contribution in [-0.4, -0.2) is 48.4 Å². The van der Waals surface area contributed by atoms with Crippen molar-refractivity contribution in [3.8, 4) is 0 Å². The van der Waals surface area contributed by atoms with Gasteiger partial charge >= 0.3 is 11.9 Å². The van der Waals surface area contributed by atoms with Gasteiger partial charge in [0.05, 0.1) is 0 Å². The Morgan fingerprint density at radius 1 is 1.38 bits per heavy atom. The van der Waals surface area contributed by atoms with Gasteiger partial charge in [-0.05, 0) is 0 Å². The van der Waals surface area contributed by atoms with Crippen molar-refractivity contribution in [1.82, 2.24) is 10.2 Å². The summed E-state index contributed by atoms with van der Waals surface area (Å²) >= 11 is 0. The third-order valence-electron chi connectivity index (χ3n) is 1.48. The summed E-state index contributed by atoms with van der Waals surface area (Å²) in [6, 6.07) is 0. The first-order valence-corrected chi connectivity index (χ1v) is 3.68. The summed E-state index contributed by atoms with van der Waals surface area (Å²) < 4.78 is 0. The number of rotatable bonds is 3. The number of carbonyl (C=O) groups excluding carboxylic acids is 2. The summed E-state index contributed by atoms with van der Waals surface area (Å²) in [5.74, 6) is -2.76. The van der Waals surface area contributed by atoms with Gasteiger partial charge in [0.25, 0.3) is 0 Å². The lowest BCUT2D eigenvalue weighted by molar-refractivity contribution is -0.155. The molecule has 74 valence electrons. The molecular weight excluding hydrogens is 176 g/mol. The number of carboxylic acids is 1. The van der Waals surface area contributed by atoms with Gasteiger partial charge < -0.3 is 15.3 Å². The molecule has 13 heavy (non-hydrogen) atoms. The average Bonchev–Trinajstić information content (AvgIpc) is 2.11. The molecule has 0 aliphatic rings. The number of nitrogens with zero attached hydrogens (tertiary/aromatic N) is 1. The van der Waals surface area contributed by atoms with Gasteiger partial charge in [0.15, 0.2) is 0 Å². The number of amides is 2. The molecule has 6 heteroatoms. The summed E-state index contributed by atoms with van der Waals surface area (Å²) in [6.07, 6.45) is 0.103. The lowest BCUT2D eigenvalue weighted by Gasteiger charge is -2.13. The summed E-state index contributed by atoms with van der Waals surface area (Å²) in [4.78, 5) is 32.6. The number of nitrogens with one attached hydrogen (secondary N) is 1. The van der Waals surface area contributed by atoms with Crippen molar-refractivity contribution < 1.29 is 19.5 Å². The quantitative estimate of drug-likeness (QED) is 0.537. The van der Waals surface area contributed by atoms with E-state index in [4.69, 9.17) is 5.11 Å². The van der Waals surface area contributed by atoms with Crippen LogP contribution in [0.15, 0.2) is 0 Å². The number of hydrogen-bond donors (Lipinski definition) is 2. The van der Waals surface area contributed by atoms with E-state index in [0.29, 0.717) is 0 Å². The first kappa shape index (κ1) is 11.4. The van der Waals surface area contributed by atoms with E-state index in [0.717, 1.165) is 4.90 Å². The third-order valence-corrected chi connectivity index (χ3v) is 1.48. The molecule has 6 nitrogen and oxygen atoms in total. The predicted octanol–water partition coefficient (Wildman–Crippen LogP) is -1.33. The molecule has 0 heterocycles. The second-order valence-corrected chi connectivity index (χ2v) is 2.46. The maximum Gasteiger partial charge on any atom is 0.394 e. The van der Waals surface area contributed by atoms with E-state index < -0.39 is 11.9 Å². The summed E-state index contributed by atoms with van der Waals surface area (Å²) in [5.41, 5.74) is 0. The molecule has 0 aromatic rings. The van der Waals surface area contributed by atoms with E-state index in [9.17, 15) is 14.4 Å². The lowest BCUT2D eigenvalue weighted by Crippen LogP contribution is -2.35. The number of carbonyl (C=O) groups is 3. The highest BCUT2D eigenvalue weighted by Crippen LogP contribution is 1.88. The van der Waals surface area contributed by atoms with Crippen LogP contribution in [0, 0.1) is 0 Å². The molecule has 0 spiro atoms. The normalized spacial score (nSPS) is 9.08.